The van der Waals surface area contributed by atoms with Crippen LogP contribution in [-0.2, 0) is 4.79 Å². The van der Waals surface area contributed by atoms with E-state index in [4.69, 9.17) is 23.2 Å². The SMILES string of the molecule is CCSc1nc2c(c(=O)[nH]1)C(c1ccc(Cl)cc1Cl)CC(=O)N2. The van der Waals surface area contributed by atoms with Crippen molar-refractivity contribution in [2.24, 2.45) is 0 Å². The number of thioether (sulfide) groups is 1. The molecule has 0 aliphatic carbocycles. The van der Waals surface area contributed by atoms with E-state index < -0.39 is 5.92 Å². The monoisotopic (exact) mass is 369 g/mol. The van der Waals surface area contributed by atoms with E-state index in [9.17, 15) is 9.59 Å². The summed E-state index contributed by atoms with van der Waals surface area (Å²) < 4.78 is 0. The lowest BCUT2D eigenvalue weighted by atomic mass is 9.87. The second kappa shape index (κ2) is 6.55. The first-order valence-electron chi connectivity index (χ1n) is 7.01. The predicted octanol–water partition coefficient (Wildman–Crippen LogP) is 3.66. The molecule has 2 aromatic rings. The second-order valence-corrected chi connectivity index (χ2v) is 7.13. The molecule has 3 rings (SSSR count). The van der Waals surface area contributed by atoms with E-state index in [0.717, 1.165) is 5.75 Å². The number of hydrogen-bond donors (Lipinski definition) is 2. The molecule has 23 heavy (non-hydrogen) atoms. The molecule has 1 aliphatic rings. The lowest BCUT2D eigenvalue weighted by Gasteiger charge is -2.25. The third-order valence-corrected chi connectivity index (χ3v) is 4.87. The van der Waals surface area contributed by atoms with Crippen LogP contribution < -0.4 is 10.9 Å². The van der Waals surface area contributed by atoms with Crippen molar-refractivity contribution in [3.05, 3.63) is 49.7 Å². The van der Waals surface area contributed by atoms with Crippen LogP contribution in [0.2, 0.25) is 10.0 Å². The summed E-state index contributed by atoms with van der Waals surface area (Å²) in [7, 11) is 0. The summed E-state index contributed by atoms with van der Waals surface area (Å²) in [5.41, 5.74) is 0.853. The summed E-state index contributed by atoms with van der Waals surface area (Å²) in [4.78, 5) is 31.6. The zero-order chi connectivity index (χ0) is 16.6. The number of H-pyrrole nitrogens is 1. The molecule has 8 heteroatoms. The molecule has 1 aromatic carbocycles. The smallest absolute Gasteiger partial charge is 0.257 e. The van der Waals surface area contributed by atoms with Gasteiger partial charge in [-0.2, -0.15) is 0 Å². The highest BCUT2D eigenvalue weighted by Gasteiger charge is 2.32. The molecule has 1 aliphatic heterocycles. The lowest BCUT2D eigenvalue weighted by molar-refractivity contribution is -0.116. The number of rotatable bonds is 3. The summed E-state index contributed by atoms with van der Waals surface area (Å²) in [5, 5.41) is 4.09. The number of nitrogens with one attached hydrogen (secondary N) is 2. The van der Waals surface area contributed by atoms with Crippen LogP contribution >= 0.6 is 35.0 Å². The van der Waals surface area contributed by atoms with Crippen molar-refractivity contribution < 1.29 is 4.79 Å². The number of aromatic amines is 1. The molecule has 0 radical (unpaired) electrons. The number of halogens is 2. The largest absolute Gasteiger partial charge is 0.310 e. The van der Waals surface area contributed by atoms with Gasteiger partial charge in [0.05, 0.1) is 5.56 Å². The fraction of sp³-hybridized carbons (Fsp3) is 0.267. The number of benzene rings is 1. The molecular formula is C15H13Cl2N3O2S. The zero-order valence-corrected chi connectivity index (χ0v) is 14.5. The maximum atomic E-state index is 12.5. The van der Waals surface area contributed by atoms with Crippen LogP contribution in [-0.4, -0.2) is 21.6 Å². The quantitative estimate of drug-likeness (QED) is 0.639. The minimum Gasteiger partial charge on any atom is -0.310 e. The Morgan fingerprint density at radius 3 is 2.83 bits per heavy atom. The molecule has 120 valence electrons. The highest BCUT2D eigenvalue weighted by molar-refractivity contribution is 7.99. The Bertz CT molecular complexity index is 838. The summed E-state index contributed by atoms with van der Waals surface area (Å²) in [6, 6.07) is 5.04. The van der Waals surface area contributed by atoms with Crippen molar-refractivity contribution in [3.8, 4) is 0 Å². The van der Waals surface area contributed by atoms with E-state index in [1.165, 1.54) is 11.8 Å². The molecule has 0 fully saturated rings. The third-order valence-electron chi connectivity index (χ3n) is 3.55. The van der Waals surface area contributed by atoms with E-state index in [1.807, 2.05) is 6.92 Å². The van der Waals surface area contributed by atoms with Crippen LogP contribution in [0.3, 0.4) is 0 Å². The molecular weight excluding hydrogens is 357 g/mol. The Kier molecular flexibility index (Phi) is 4.66. The number of carbonyl (C=O) groups is 1. The third kappa shape index (κ3) is 3.24. The molecule has 5 nitrogen and oxygen atoms in total. The van der Waals surface area contributed by atoms with Crippen LogP contribution in [0, 0.1) is 0 Å². The molecule has 1 unspecified atom stereocenters. The molecule has 0 spiro atoms. The molecule has 0 saturated carbocycles. The fourth-order valence-electron chi connectivity index (χ4n) is 2.61. The fourth-order valence-corrected chi connectivity index (χ4v) is 3.74. The van der Waals surface area contributed by atoms with Gasteiger partial charge in [-0.25, -0.2) is 4.98 Å². The normalized spacial score (nSPS) is 16.8. The molecule has 0 bridgehead atoms. The van der Waals surface area contributed by atoms with Crippen molar-refractivity contribution in [1.29, 1.82) is 0 Å². The molecule has 1 amide bonds. The van der Waals surface area contributed by atoms with Gasteiger partial charge in [0.15, 0.2) is 5.16 Å². The van der Waals surface area contributed by atoms with Crippen molar-refractivity contribution in [1.82, 2.24) is 9.97 Å². The van der Waals surface area contributed by atoms with Gasteiger partial charge in [-0.15, -0.1) is 0 Å². The highest BCUT2D eigenvalue weighted by atomic mass is 35.5. The van der Waals surface area contributed by atoms with Gasteiger partial charge in [0.2, 0.25) is 5.91 Å². The molecule has 0 saturated heterocycles. The maximum absolute atomic E-state index is 12.5. The van der Waals surface area contributed by atoms with Gasteiger partial charge < -0.3 is 10.3 Å². The summed E-state index contributed by atoms with van der Waals surface area (Å²) in [5.74, 6) is 0.429. The minimum atomic E-state index is -0.444. The average Bonchev–Trinajstić information content (AvgIpc) is 2.46. The van der Waals surface area contributed by atoms with Gasteiger partial charge in [0, 0.05) is 22.4 Å². The number of anilines is 1. The first-order valence-corrected chi connectivity index (χ1v) is 8.75. The van der Waals surface area contributed by atoms with Crippen LogP contribution in [0.1, 0.15) is 30.4 Å². The summed E-state index contributed by atoms with van der Waals surface area (Å²) >= 11 is 13.6. The van der Waals surface area contributed by atoms with Crippen molar-refractivity contribution >= 4 is 46.7 Å². The van der Waals surface area contributed by atoms with E-state index >= 15 is 0 Å². The minimum absolute atomic E-state index is 0.138. The van der Waals surface area contributed by atoms with E-state index in [-0.39, 0.29) is 17.9 Å². The maximum Gasteiger partial charge on any atom is 0.257 e. The molecule has 1 atom stereocenters. The number of hydrogen-bond acceptors (Lipinski definition) is 4. The molecule has 1 aromatic heterocycles. The number of amides is 1. The van der Waals surface area contributed by atoms with Gasteiger partial charge in [-0.05, 0) is 23.4 Å². The van der Waals surface area contributed by atoms with E-state index in [1.54, 1.807) is 18.2 Å². The van der Waals surface area contributed by atoms with E-state index in [0.29, 0.717) is 32.1 Å². The zero-order valence-electron chi connectivity index (χ0n) is 12.2. The first kappa shape index (κ1) is 16.4. The number of aromatic nitrogens is 2. The number of carbonyl (C=O) groups excluding carboxylic acids is 1. The first-order chi connectivity index (χ1) is 11.0. The molecule has 2 N–H and O–H groups in total. The van der Waals surface area contributed by atoms with Gasteiger partial charge >= 0.3 is 0 Å². The van der Waals surface area contributed by atoms with E-state index in [2.05, 4.69) is 15.3 Å². The number of nitrogens with zero attached hydrogens (tertiary/aromatic N) is 1. The topological polar surface area (TPSA) is 74.8 Å². The van der Waals surface area contributed by atoms with Gasteiger partial charge in [0.1, 0.15) is 5.82 Å². The Hall–Kier alpha value is -1.50. The van der Waals surface area contributed by atoms with Crippen molar-refractivity contribution in [3.63, 3.8) is 0 Å². The Labute approximate surface area is 146 Å². The molecule has 2 heterocycles. The second-order valence-electron chi connectivity index (χ2n) is 5.04. The van der Waals surface area contributed by atoms with Gasteiger partial charge in [0.25, 0.3) is 5.56 Å². The number of fused-ring (bicyclic) bond motifs is 1. The van der Waals surface area contributed by atoms with Crippen LogP contribution in [0.4, 0.5) is 5.82 Å². The van der Waals surface area contributed by atoms with Gasteiger partial charge in [-0.3, -0.25) is 9.59 Å². The van der Waals surface area contributed by atoms with Gasteiger partial charge in [-0.1, -0.05) is 48.0 Å². The predicted molar refractivity (Wildman–Crippen MR) is 92.8 cm³/mol. The van der Waals surface area contributed by atoms with Crippen LogP contribution in [0.25, 0.3) is 0 Å². The highest BCUT2D eigenvalue weighted by Crippen LogP contribution is 2.38. The van der Waals surface area contributed by atoms with Crippen LogP contribution in [0.15, 0.2) is 28.2 Å². The van der Waals surface area contributed by atoms with Crippen molar-refractivity contribution in [2.75, 3.05) is 11.1 Å². The Morgan fingerprint density at radius 1 is 1.35 bits per heavy atom. The average molecular weight is 370 g/mol. The standard InChI is InChI=1S/C15H13Cl2N3O2S/c1-2-23-15-19-13-12(14(22)20-15)9(6-11(21)18-13)8-4-3-7(16)5-10(8)17/h3-5,9H,2,6H2,1H3,(H2,18,19,20,21,22). The Balaban J connectivity index is 2.15. The summed E-state index contributed by atoms with van der Waals surface area (Å²) in [6.07, 6.45) is 0.138. The lowest BCUT2D eigenvalue weighted by Crippen LogP contribution is -2.31. The van der Waals surface area contributed by atoms with Crippen LogP contribution in [0.5, 0.6) is 0 Å². The Morgan fingerprint density at radius 2 is 2.13 bits per heavy atom. The summed E-state index contributed by atoms with van der Waals surface area (Å²) in [6.45, 7) is 1.96. The van der Waals surface area contributed by atoms with Crippen molar-refractivity contribution in [2.45, 2.75) is 24.4 Å².